The first kappa shape index (κ1) is 41.4. The van der Waals surface area contributed by atoms with Gasteiger partial charge in [0.05, 0.1) is 19.2 Å². The maximum atomic E-state index is 15.7. The average Bonchev–Trinajstić information content (AvgIpc) is 3.89. The molecule has 10 nitrogen and oxygen atoms in total. The molecule has 3 saturated carbocycles. The van der Waals surface area contributed by atoms with Crippen LogP contribution in [0.3, 0.4) is 0 Å². The van der Waals surface area contributed by atoms with Gasteiger partial charge < -0.3 is 4.89 Å². The summed E-state index contributed by atoms with van der Waals surface area (Å²) in [5, 5.41) is 8.36. The Bertz CT molecular complexity index is 1860. The van der Waals surface area contributed by atoms with E-state index in [1.165, 1.54) is 91.3 Å². The Balaban J connectivity index is 1.13. The Morgan fingerprint density at radius 3 is 2.29 bits per heavy atom. The molecule has 0 radical (unpaired) electrons. The Kier molecular flexibility index (Phi) is 11.6. The fourth-order valence-electron chi connectivity index (χ4n) is 12.6. The van der Waals surface area contributed by atoms with E-state index in [-0.39, 0.29) is 30.0 Å². The third-order valence-electron chi connectivity index (χ3n) is 15.8. The number of halogens is 2. The van der Waals surface area contributed by atoms with E-state index in [1.54, 1.807) is 0 Å². The molecule has 2 heterocycles. The lowest BCUT2D eigenvalue weighted by molar-refractivity contribution is -0.104. The second kappa shape index (κ2) is 15.8. The van der Waals surface area contributed by atoms with Crippen LogP contribution in [0.4, 0.5) is 8.78 Å². The van der Waals surface area contributed by atoms with Gasteiger partial charge in [-0.3, -0.25) is 9.05 Å². The zero-order chi connectivity index (χ0) is 40.1. The van der Waals surface area contributed by atoms with Gasteiger partial charge in [0.2, 0.25) is 0 Å². The first-order chi connectivity index (χ1) is 26.5. The molecule has 10 unspecified atom stereocenters. The molecule has 2 aromatic heterocycles. The molecule has 3 aromatic rings. The predicted molar refractivity (Wildman–Crippen MR) is 211 cm³/mol. The van der Waals surface area contributed by atoms with Crippen LogP contribution in [0.1, 0.15) is 125 Å². The van der Waals surface area contributed by atoms with Crippen molar-refractivity contribution in [3.8, 4) is 0 Å². The van der Waals surface area contributed by atoms with Crippen molar-refractivity contribution in [2.24, 2.45) is 51.8 Å². The average molecular weight is 797 g/mol. The first-order valence-corrected chi connectivity index (χ1v) is 22.5. The number of aromatic nitrogens is 6. The van der Waals surface area contributed by atoms with Gasteiger partial charge in [-0.25, -0.2) is 32.7 Å². The van der Waals surface area contributed by atoms with Crippen molar-refractivity contribution in [1.29, 1.82) is 0 Å². The Hall–Kier alpha value is -2.79. The number of benzene rings is 1. The second-order valence-electron chi connectivity index (χ2n) is 18.9. The molecule has 1 N–H and O–H groups in total. The van der Waals surface area contributed by atoms with Crippen molar-refractivity contribution < 1.29 is 27.3 Å². The normalized spacial score (nSPS) is 33.3. The molecule has 0 aliphatic heterocycles. The summed E-state index contributed by atoms with van der Waals surface area (Å²) in [5.74, 6) is 1.85. The van der Waals surface area contributed by atoms with Crippen molar-refractivity contribution in [3.63, 3.8) is 0 Å². The third-order valence-corrected chi connectivity index (χ3v) is 17.0. The van der Waals surface area contributed by atoms with E-state index in [2.05, 4.69) is 74.7 Å². The lowest BCUT2D eigenvalue weighted by Crippen LogP contribution is -2.55. The van der Waals surface area contributed by atoms with E-state index in [4.69, 9.17) is 9.05 Å². The van der Waals surface area contributed by atoms with Crippen LogP contribution in [0.15, 0.2) is 55.2 Å². The maximum Gasteiger partial charge on any atom is 0.473 e. The molecule has 0 bridgehead atoms. The summed E-state index contributed by atoms with van der Waals surface area (Å²) in [6, 6.07) is 3.04. The van der Waals surface area contributed by atoms with Crippen LogP contribution >= 0.6 is 7.82 Å². The molecule has 10 atom stereocenters. The summed E-state index contributed by atoms with van der Waals surface area (Å²) in [4.78, 5) is 19.7. The smallest absolute Gasteiger partial charge is 0.302 e. The molecule has 4 aliphatic rings. The summed E-state index contributed by atoms with van der Waals surface area (Å²) in [6.45, 7) is 16.7. The fourth-order valence-corrected chi connectivity index (χ4v) is 13.8. The van der Waals surface area contributed by atoms with Crippen LogP contribution in [0.5, 0.6) is 0 Å². The zero-order valence-electron chi connectivity index (χ0n) is 34.4. The molecule has 7 rings (SSSR count). The van der Waals surface area contributed by atoms with Gasteiger partial charge >= 0.3 is 7.82 Å². The number of nitrogens with zero attached hydrogens (tertiary/aromatic N) is 6. The molecular weight excluding hydrogens is 733 g/mol. The maximum absolute atomic E-state index is 15.7. The lowest BCUT2D eigenvalue weighted by atomic mass is 9.43. The second-order valence-corrected chi connectivity index (χ2v) is 20.2. The topological polar surface area (TPSA) is 117 Å². The molecule has 3 fully saturated rings. The fraction of sp³-hybridized carbons (Fsp3) is 0.721. The minimum atomic E-state index is -4.92. The Morgan fingerprint density at radius 2 is 1.68 bits per heavy atom. The van der Waals surface area contributed by atoms with Crippen LogP contribution in [0.25, 0.3) is 0 Å². The van der Waals surface area contributed by atoms with Gasteiger partial charge in [-0.2, -0.15) is 10.2 Å². The number of fused-ring (bicyclic) bond motifs is 5. The monoisotopic (exact) mass is 796 g/mol. The van der Waals surface area contributed by atoms with Crippen molar-refractivity contribution >= 4 is 7.82 Å². The molecule has 0 saturated heterocycles. The van der Waals surface area contributed by atoms with Crippen molar-refractivity contribution in [2.75, 3.05) is 0 Å². The summed E-state index contributed by atoms with van der Waals surface area (Å²) in [7, 11) is -4.92. The van der Waals surface area contributed by atoms with Crippen LogP contribution < -0.4 is 0 Å². The van der Waals surface area contributed by atoms with Gasteiger partial charge in [0.25, 0.3) is 0 Å². The summed E-state index contributed by atoms with van der Waals surface area (Å²) >= 11 is 0. The highest BCUT2D eigenvalue weighted by Crippen LogP contribution is 2.72. The number of phosphoric ester groups is 1. The largest absolute Gasteiger partial charge is 0.473 e. The lowest BCUT2D eigenvalue weighted by Gasteiger charge is -2.62. The molecule has 308 valence electrons. The standard InChI is InChI=1S/C43H63F2N6O4P/c1-8-31-20-34(21-32-12-14-35-36-16-18-40(5,30(4)11-9-10-29(2)3)41(36,6)19-17-37(35)42(31,32)7)54-56(52,53)55-43(23-50-27-46-25-48-50,24-51-28-47-26-49-51)38-15-13-33(44)22-39(38)45/h12-13,15,22,25-31,34-37H,8-11,14,16-21,23-24H2,1-7H3,(H,52,53). The Labute approximate surface area is 331 Å². The van der Waals surface area contributed by atoms with Crippen LogP contribution in [0, 0.1) is 63.4 Å². The van der Waals surface area contributed by atoms with E-state index in [0.29, 0.717) is 47.3 Å². The van der Waals surface area contributed by atoms with Gasteiger partial charge in [0.15, 0.2) is 0 Å². The van der Waals surface area contributed by atoms with E-state index < -0.39 is 31.2 Å². The quantitative estimate of drug-likeness (QED) is 0.119. The van der Waals surface area contributed by atoms with Gasteiger partial charge in [-0.05, 0) is 103 Å². The van der Waals surface area contributed by atoms with Crippen LogP contribution in [-0.2, 0) is 32.3 Å². The van der Waals surface area contributed by atoms with Crippen LogP contribution in [0.2, 0.25) is 0 Å². The Morgan fingerprint density at radius 1 is 1.00 bits per heavy atom. The zero-order valence-corrected chi connectivity index (χ0v) is 35.3. The predicted octanol–water partition coefficient (Wildman–Crippen LogP) is 10.3. The molecule has 13 heteroatoms. The third kappa shape index (κ3) is 7.50. The van der Waals surface area contributed by atoms with E-state index in [9.17, 15) is 13.8 Å². The molecule has 4 aliphatic carbocycles. The van der Waals surface area contributed by atoms with Crippen molar-refractivity contribution in [3.05, 3.63) is 72.4 Å². The van der Waals surface area contributed by atoms with Crippen molar-refractivity contribution in [1.82, 2.24) is 29.5 Å². The summed E-state index contributed by atoms with van der Waals surface area (Å²) < 4.78 is 59.4. The van der Waals surface area contributed by atoms with Crippen LogP contribution in [-0.4, -0.2) is 40.5 Å². The van der Waals surface area contributed by atoms with E-state index >= 15 is 4.39 Å². The number of hydrogen-bond acceptors (Lipinski definition) is 7. The first-order valence-electron chi connectivity index (χ1n) is 21.1. The van der Waals surface area contributed by atoms with Gasteiger partial charge in [0.1, 0.15) is 42.5 Å². The van der Waals surface area contributed by atoms with Gasteiger partial charge in [-0.1, -0.05) is 91.9 Å². The minimum absolute atomic E-state index is 0.0256. The van der Waals surface area contributed by atoms with Gasteiger partial charge in [0, 0.05) is 11.6 Å². The molecule has 56 heavy (non-hydrogen) atoms. The molecule has 0 spiro atoms. The highest BCUT2D eigenvalue weighted by molar-refractivity contribution is 7.47. The number of phosphoric acid groups is 1. The molecular formula is C43H63F2N6O4P. The van der Waals surface area contributed by atoms with Gasteiger partial charge in [-0.15, -0.1) is 0 Å². The highest BCUT2D eigenvalue weighted by atomic mass is 31.2. The molecule has 0 amide bonds. The number of rotatable bonds is 15. The summed E-state index contributed by atoms with van der Waals surface area (Å²) in [6.07, 6.45) is 19.4. The number of allylic oxidation sites excluding steroid dienone is 1. The molecule has 1 aromatic carbocycles. The summed E-state index contributed by atoms with van der Waals surface area (Å²) in [5.41, 5.74) is -0.0910. The highest BCUT2D eigenvalue weighted by Gasteiger charge is 2.64. The minimum Gasteiger partial charge on any atom is -0.302 e. The SMILES string of the molecule is CCC1CC(OP(=O)(O)OC(Cn2cncn2)(Cn2cncn2)c2ccc(F)cc2F)CC2=CCC3C(CCC4(C)C3CCC4(C)C(C)CCCC(C)C)C21C. The van der Waals surface area contributed by atoms with E-state index in [1.807, 2.05) is 0 Å². The van der Waals surface area contributed by atoms with Crippen molar-refractivity contribution in [2.45, 2.75) is 144 Å². The number of hydrogen-bond donors (Lipinski definition) is 1. The van der Waals surface area contributed by atoms with E-state index in [0.717, 1.165) is 30.9 Å².